The first-order valence-electron chi connectivity index (χ1n) is 11.2. The molecule has 33 heavy (non-hydrogen) atoms. The van der Waals surface area contributed by atoms with Gasteiger partial charge in [-0.05, 0) is 24.8 Å². The molecule has 1 aromatic carbocycles. The molecule has 0 unspecified atom stereocenters. The van der Waals surface area contributed by atoms with E-state index in [1.54, 1.807) is 12.2 Å². The second-order valence-corrected chi connectivity index (χ2v) is 7.45. The van der Waals surface area contributed by atoms with E-state index in [-0.39, 0.29) is 63.6 Å². The molecule has 8 nitrogen and oxygen atoms in total. The Balaban J connectivity index is 2.70. The van der Waals surface area contributed by atoms with Crippen molar-refractivity contribution in [2.24, 2.45) is 5.92 Å². The van der Waals surface area contributed by atoms with Gasteiger partial charge in [0.2, 0.25) is 11.8 Å². The molecule has 0 aliphatic heterocycles. The average molecular weight is 461 g/mol. The Morgan fingerprint density at radius 3 is 2.52 bits per heavy atom. The van der Waals surface area contributed by atoms with Gasteiger partial charge in [-0.15, -0.1) is 13.2 Å². The van der Waals surface area contributed by atoms with Crippen molar-refractivity contribution in [3.05, 3.63) is 61.2 Å². The highest BCUT2D eigenvalue weighted by molar-refractivity contribution is 5.86. The normalized spacial score (nSPS) is 12.3. The molecule has 0 saturated heterocycles. The minimum absolute atomic E-state index is 0.00211. The summed E-state index contributed by atoms with van der Waals surface area (Å²) >= 11 is 0. The number of esters is 1. The number of hydrogen-bond acceptors (Lipinski definition) is 6. The number of aliphatic hydroxyl groups excluding tert-OH is 1. The number of allylic oxidation sites excluding steroid dienone is 2. The molecule has 0 radical (unpaired) electrons. The van der Waals surface area contributed by atoms with Gasteiger partial charge in [0.1, 0.15) is 6.61 Å². The number of aliphatic hydroxyl groups is 1. The number of nitrogens with one attached hydrogen (secondary N) is 2. The van der Waals surface area contributed by atoms with Crippen LogP contribution in [0.25, 0.3) is 0 Å². The van der Waals surface area contributed by atoms with Crippen molar-refractivity contribution in [2.45, 2.75) is 38.1 Å². The molecule has 0 saturated carbocycles. The molecule has 1 rings (SSSR count). The van der Waals surface area contributed by atoms with Crippen LogP contribution in [0, 0.1) is 5.92 Å². The Bertz CT molecular complexity index is 738. The maximum atomic E-state index is 13.0. The first-order chi connectivity index (χ1) is 16.0. The Kier molecular flexibility index (Phi) is 14.9. The second kappa shape index (κ2) is 17.6. The molecule has 0 aliphatic rings. The topological polar surface area (TPSA) is 114 Å². The van der Waals surface area contributed by atoms with Crippen LogP contribution in [0.5, 0.6) is 0 Å². The van der Waals surface area contributed by atoms with E-state index in [0.717, 1.165) is 12.0 Å². The van der Waals surface area contributed by atoms with Gasteiger partial charge in [-0.1, -0.05) is 42.5 Å². The van der Waals surface area contributed by atoms with Gasteiger partial charge in [-0.3, -0.25) is 14.4 Å². The molecule has 3 N–H and O–H groups in total. The van der Waals surface area contributed by atoms with Gasteiger partial charge in [0.15, 0.2) is 0 Å². The molecule has 1 aromatic rings. The van der Waals surface area contributed by atoms with Crippen LogP contribution in [0.3, 0.4) is 0 Å². The second-order valence-electron chi connectivity index (χ2n) is 7.45. The van der Waals surface area contributed by atoms with E-state index in [1.165, 1.54) is 0 Å². The first kappa shape index (κ1) is 28.1. The summed E-state index contributed by atoms with van der Waals surface area (Å²) in [4.78, 5) is 37.3. The Morgan fingerprint density at radius 2 is 1.85 bits per heavy atom. The average Bonchev–Trinajstić information content (AvgIpc) is 2.82. The first-order valence-corrected chi connectivity index (χ1v) is 11.2. The summed E-state index contributed by atoms with van der Waals surface area (Å²) in [6.07, 6.45) is 5.32. The Morgan fingerprint density at radius 1 is 1.09 bits per heavy atom. The number of amides is 2. The highest BCUT2D eigenvalue weighted by Gasteiger charge is 2.24. The van der Waals surface area contributed by atoms with E-state index in [2.05, 4.69) is 23.8 Å². The fourth-order valence-electron chi connectivity index (χ4n) is 3.04. The van der Waals surface area contributed by atoms with E-state index in [4.69, 9.17) is 14.6 Å². The number of carbonyl (C=O) groups is 3. The molecule has 182 valence electrons. The zero-order chi connectivity index (χ0) is 24.3. The standard InChI is InChI=1S/C25H36N2O6/c1-3-5-7-13-24(30)33-19-22(20-11-8-6-9-12-20)27-25(31)21(10-4-2)18-23(29)26-14-16-32-17-15-28/h3-4,6,8-9,11-12,21-22,28H,1-2,5,7,10,13-19H2,(H,26,29)(H,27,31)/t21-,22+/m1/s1. The highest BCUT2D eigenvalue weighted by atomic mass is 16.5. The lowest BCUT2D eigenvalue weighted by Crippen LogP contribution is -2.39. The molecule has 2 atom stereocenters. The molecule has 0 fully saturated rings. The summed E-state index contributed by atoms with van der Waals surface area (Å²) in [5, 5.41) is 14.3. The Labute approximate surface area is 196 Å². The Hall–Kier alpha value is -2.97. The van der Waals surface area contributed by atoms with Crippen LogP contribution in [-0.2, 0) is 23.9 Å². The maximum Gasteiger partial charge on any atom is 0.305 e. The van der Waals surface area contributed by atoms with Gasteiger partial charge in [0, 0.05) is 19.4 Å². The number of benzene rings is 1. The van der Waals surface area contributed by atoms with E-state index < -0.39 is 12.0 Å². The van der Waals surface area contributed by atoms with Gasteiger partial charge in [-0.2, -0.15) is 0 Å². The van der Waals surface area contributed by atoms with Crippen molar-refractivity contribution in [1.29, 1.82) is 0 Å². The molecule has 0 aromatic heterocycles. The molecular formula is C25H36N2O6. The van der Waals surface area contributed by atoms with Crippen molar-refractivity contribution >= 4 is 17.8 Å². The summed E-state index contributed by atoms with van der Waals surface area (Å²) in [7, 11) is 0. The van der Waals surface area contributed by atoms with Crippen molar-refractivity contribution in [3.8, 4) is 0 Å². The van der Waals surface area contributed by atoms with E-state index >= 15 is 0 Å². The minimum Gasteiger partial charge on any atom is -0.463 e. The van der Waals surface area contributed by atoms with Crippen molar-refractivity contribution in [1.82, 2.24) is 10.6 Å². The van der Waals surface area contributed by atoms with Crippen LogP contribution in [0.2, 0.25) is 0 Å². The van der Waals surface area contributed by atoms with E-state index in [1.807, 2.05) is 30.3 Å². The SMILES string of the molecule is C=CCCCC(=O)OC[C@H](NC(=O)[C@H](CC=C)CC(=O)NCCOCCO)c1ccccc1. The fraction of sp³-hybridized carbons (Fsp3) is 0.480. The van der Waals surface area contributed by atoms with Crippen molar-refractivity contribution < 1.29 is 29.0 Å². The third kappa shape index (κ3) is 12.6. The van der Waals surface area contributed by atoms with Gasteiger partial charge in [0.05, 0.1) is 31.8 Å². The van der Waals surface area contributed by atoms with Crippen LogP contribution < -0.4 is 10.6 Å². The van der Waals surface area contributed by atoms with Crippen molar-refractivity contribution in [3.63, 3.8) is 0 Å². The zero-order valence-electron chi connectivity index (χ0n) is 19.2. The number of rotatable bonds is 18. The minimum atomic E-state index is -0.615. The van der Waals surface area contributed by atoms with Crippen LogP contribution in [-0.4, -0.2) is 55.9 Å². The number of carbonyl (C=O) groups excluding carboxylic acids is 3. The van der Waals surface area contributed by atoms with Gasteiger partial charge in [-0.25, -0.2) is 0 Å². The summed E-state index contributed by atoms with van der Waals surface area (Å²) in [6.45, 7) is 8.01. The number of unbranched alkanes of at least 4 members (excludes halogenated alkanes) is 1. The van der Waals surface area contributed by atoms with Crippen LogP contribution in [0.4, 0.5) is 0 Å². The fourth-order valence-corrected chi connectivity index (χ4v) is 3.04. The number of ether oxygens (including phenoxy) is 2. The summed E-state index contributed by atoms with van der Waals surface area (Å²) in [6, 6.07) is 8.70. The third-order valence-electron chi connectivity index (χ3n) is 4.78. The molecule has 0 bridgehead atoms. The molecule has 0 spiro atoms. The molecule has 8 heteroatoms. The summed E-state index contributed by atoms with van der Waals surface area (Å²) in [5.41, 5.74) is 0.799. The van der Waals surface area contributed by atoms with E-state index in [9.17, 15) is 14.4 Å². The highest BCUT2D eigenvalue weighted by Crippen LogP contribution is 2.17. The maximum absolute atomic E-state index is 13.0. The predicted octanol–water partition coefficient (Wildman–Crippen LogP) is 2.45. The lowest BCUT2D eigenvalue weighted by atomic mass is 9.98. The van der Waals surface area contributed by atoms with Crippen LogP contribution in [0.15, 0.2) is 55.6 Å². The smallest absolute Gasteiger partial charge is 0.305 e. The van der Waals surface area contributed by atoms with Gasteiger partial charge >= 0.3 is 5.97 Å². The quantitative estimate of drug-likeness (QED) is 0.176. The monoisotopic (exact) mass is 460 g/mol. The summed E-state index contributed by atoms with van der Waals surface area (Å²) in [5.74, 6) is -1.56. The van der Waals surface area contributed by atoms with Gasteiger partial charge < -0.3 is 25.2 Å². The largest absolute Gasteiger partial charge is 0.463 e. The van der Waals surface area contributed by atoms with Crippen LogP contribution >= 0.6 is 0 Å². The van der Waals surface area contributed by atoms with Crippen LogP contribution in [0.1, 0.15) is 43.7 Å². The lowest BCUT2D eigenvalue weighted by molar-refractivity contribution is -0.145. The lowest BCUT2D eigenvalue weighted by Gasteiger charge is -2.22. The van der Waals surface area contributed by atoms with Crippen molar-refractivity contribution in [2.75, 3.05) is 33.0 Å². The third-order valence-corrected chi connectivity index (χ3v) is 4.78. The number of hydrogen-bond donors (Lipinski definition) is 3. The molecule has 0 heterocycles. The van der Waals surface area contributed by atoms with E-state index in [0.29, 0.717) is 12.8 Å². The predicted molar refractivity (Wildman–Crippen MR) is 126 cm³/mol. The molecule has 2 amide bonds. The summed E-state index contributed by atoms with van der Waals surface area (Å²) < 4.78 is 10.5. The zero-order valence-corrected chi connectivity index (χ0v) is 19.2. The molecule has 0 aliphatic carbocycles. The van der Waals surface area contributed by atoms with Gasteiger partial charge in [0.25, 0.3) is 0 Å². The molecular weight excluding hydrogens is 424 g/mol.